The molecule has 4 rings (SSSR count). The van der Waals surface area contributed by atoms with Gasteiger partial charge in [-0.2, -0.15) is 0 Å². The standard InChI is InChI=1S/C36H42N2O/c37-29-17-6-4-2-1-3-5-16-24-35(39)38-34-27-25-33(26-28-34)36(30-18-10-7-11-19-30,31-20-12-8-13-21-31)32-22-14-9-15-23-32/h7-15,18-23,25-28H,1-6,16-17,24,29,37H2,(H,38,39). The minimum atomic E-state index is -0.476. The van der Waals surface area contributed by atoms with Crippen molar-refractivity contribution in [3.05, 3.63) is 138 Å². The Morgan fingerprint density at radius 3 is 1.33 bits per heavy atom. The minimum Gasteiger partial charge on any atom is -0.330 e. The fraction of sp³-hybridized carbons (Fsp3) is 0.306. The number of amides is 1. The molecule has 0 unspecified atom stereocenters. The van der Waals surface area contributed by atoms with Crippen LogP contribution in [0.2, 0.25) is 0 Å². The van der Waals surface area contributed by atoms with Crippen molar-refractivity contribution in [1.29, 1.82) is 0 Å². The average molecular weight is 519 g/mol. The number of unbranched alkanes of at least 4 members (excludes halogenated alkanes) is 7. The van der Waals surface area contributed by atoms with Crippen LogP contribution in [-0.2, 0) is 10.2 Å². The highest BCUT2D eigenvalue weighted by atomic mass is 16.1. The van der Waals surface area contributed by atoms with Crippen molar-refractivity contribution >= 4 is 11.6 Å². The van der Waals surface area contributed by atoms with Crippen LogP contribution in [0.3, 0.4) is 0 Å². The van der Waals surface area contributed by atoms with Crippen LogP contribution in [0.15, 0.2) is 115 Å². The molecule has 0 heterocycles. The predicted octanol–water partition coefficient (Wildman–Crippen LogP) is 8.48. The van der Waals surface area contributed by atoms with Gasteiger partial charge in [-0.05, 0) is 53.8 Å². The molecule has 0 aliphatic heterocycles. The number of rotatable bonds is 15. The van der Waals surface area contributed by atoms with Crippen LogP contribution in [0.5, 0.6) is 0 Å². The van der Waals surface area contributed by atoms with E-state index in [1.165, 1.54) is 48.8 Å². The SMILES string of the molecule is NCCCCCCCCCCC(=O)Nc1ccc(C(c2ccccc2)(c2ccccc2)c2ccccc2)cc1. The third-order valence-corrected chi connectivity index (χ3v) is 7.58. The van der Waals surface area contributed by atoms with E-state index in [0.29, 0.717) is 6.42 Å². The Balaban J connectivity index is 1.47. The first-order valence-corrected chi connectivity index (χ1v) is 14.5. The van der Waals surface area contributed by atoms with Gasteiger partial charge in [-0.1, -0.05) is 142 Å². The van der Waals surface area contributed by atoms with Gasteiger partial charge in [0.15, 0.2) is 0 Å². The number of hydrogen-bond acceptors (Lipinski definition) is 2. The Bertz CT molecular complexity index is 1140. The van der Waals surface area contributed by atoms with E-state index in [0.717, 1.165) is 37.1 Å². The smallest absolute Gasteiger partial charge is 0.224 e. The molecule has 0 saturated carbocycles. The normalized spacial score (nSPS) is 11.3. The fourth-order valence-corrected chi connectivity index (χ4v) is 5.58. The van der Waals surface area contributed by atoms with Gasteiger partial charge in [0.05, 0.1) is 5.41 Å². The van der Waals surface area contributed by atoms with Gasteiger partial charge >= 0.3 is 0 Å². The molecule has 0 aliphatic rings. The number of hydrogen-bond donors (Lipinski definition) is 2. The van der Waals surface area contributed by atoms with Gasteiger partial charge in [-0.3, -0.25) is 4.79 Å². The maximum atomic E-state index is 12.6. The summed E-state index contributed by atoms with van der Waals surface area (Å²) in [6, 6.07) is 40.4. The van der Waals surface area contributed by atoms with E-state index in [4.69, 9.17) is 5.73 Å². The molecule has 0 radical (unpaired) electrons. The molecular formula is C36H42N2O. The monoisotopic (exact) mass is 518 g/mol. The zero-order valence-electron chi connectivity index (χ0n) is 23.0. The summed E-state index contributed by atoms with van der Waals surface area (Å²) < 4.78 is 0. The lowest BCUT2D eigenvalue weighted by Crippen LogP contribution is -2.31. The van der Waals surface area contributed by atoms with E-state index >= 15 is 0 Å². The predicted molar refractivity (Wildman–Crippen MR) is 164 cm³/mol. The molecular weight excluding hydrogens is 476 g/mol. The van der Waals surface area contributed by atoms with E-state index in [-0.39, 0.29) is 5.91 Å². The Labute approximate surface area is 234 Å². The highest BCUT2D eigenvalue weighted by Crippen LogP contribution is 2.45. The van der Waals surface area contributed by atoms with Crippen molar-refractivity contribution in [3.63, 3.8) is 0 Å². The molecule has 0 atom stereocenters. The summed E-state index contributed by atoms with van der Waals surface area (Å²) >= 11 is 0. The number of carbonyl (C=O) groups excluding carboxylic acids is 1. The van der Waals surface area contributed by atoms with Crippen LogP contribution >= 0.6 is 0 Å². The largest absolute Gasteiger partial charge is 0.330 e. The van der Waals surface area contributed by atoms with Crippen molar-refractivity contribution < 1.29 is 4.79 Å². The van der Waals surface area contributed by atoms with Gasteiger partial charge in [0, 0.05) is 12.1 Å². The third-order valence-electron chi connectivity index (χ3n) is 7.58. The summed E-state index contributed by atoms with van der Waals surface area (Å²) in [4.78, 5) is 12.6. The minimum absolute atomic E-state index is 0.0890. The molecule has 4 aromatic rings. The lowest BCUT2D eigenvalue weighted by Gasteiger charge is -2.37. The third kappa shape index (κ3) is 7.46. The Hall–Kier alpha value is -3.69. The van der Waals surface area contributed by atoms with Gasteiger partial charge in [-0.25, -0.2) is 0 Å². The molecule has 0 fully saturated rings. The van der Waals surface area contributed by atoms with Crippen molar-refractivity contribution in [3.8, 4) is 0 Å². The molecule has 0 saturated heterocycles. The van der Waals surface area contributed by atoms with E-state index in [1.807, 2.05) is 12.1 Å². The van der Waals surface area contributed by atoms with Gasteiger partial charge in [0.2, 0.25) is 5.91 Å². The molecule has 3 heteroatoms. The van der Waals surface area contributed by atoms with E-state index in [2.05, 4.69) is 108 Å². The molecule has 0 bridgehead atoms. The van der Waals surface area contributed by atoms with Crippen LogP contribution in [-0.4, -0.2) is 12.5 Å². The summed E-state index contributed by atoms with van der Waals surface area (Å²) in [5.41, 5.74) is 10.7. The van der Waals surface area contributed by atoms with Crippen LogP contribution in [0.4, 0.5) is 5.69 Å². The molecule has 3 nitrogen and oxygen atoms in total. The van der Waals surface area contributed by atoms with Gasteiger partial charge < -0.3 is 11.1 Å². The summed E-state index contributed by atoms with van der Waals surface area (Å²) in [6.07, 6.45) is 9.97. The second-order valence-corrected chi connectivity index (χ2v) is 10.3. The first kappa shape index (κ1) is 28.3. The first-order chi connectivity index (χ1) is 19.2. The molecule has 4 aromatic carbocycles. The molecule has 0 aromatic heterocycles. The summed E-state index contributed by atoms with van der Waals surface area (Å²) in [7, 11) is 0. The van der Waals surface area contributed by atoms with E-state index in [9.17, 15) is 4.79 Å². The Morgan fingerprint density at radius 1 is 0.513 bits per heavy atom. The zero-order valence-corrected chi connectivity index (χ0v) is 23.0. The molecule has 1 amide bonds. The second-order valence-electron chi connectivity index (χ2n) is 10.3. The van der Waals surface area contributed by atoms with Crippen LogP contribution in [0, 0.1) is 0 Å². The molecule has 0 aliphatic carbocycles. The summed E-state index contributed by atoms with van der Waals surface area (Å²) in [6.45, 7) is 0.797. The number of benzene rings is 4. The van der Waals surface area contributed by atoms with E-state index in [1.54, 1.807) is 0 Å². The van der Waals surface area contributed by atoms with Crippen LogP contribution in [0.25, 0.3) is 0 Å². The van der Waals surface area contributed by atoms with Gasteiger partial charge in [0.1, 0.15) is 0 Å². The Morgan fingerprint density at radius 2 is 0.897 bits per heavy atom. The number of nitrogens with two attached hydrogens (primary N) is 1. The molecule has 0 spiro atoms. The van der Waals surface area contributed by atoms with Crippen molar-refractivity contribution in [2.24, 2.45) is 5.73 Å². The zero-order chi connectivity index (χ0) is 27.2. The van der Waals surface area contributed by atoms with Gasteiger partial charge in [-0.15, -0.1) is 0 Å². The maximum absolute atomic E-state index is 12.6. The topological polar surface area (TPSA) is 55.1 Å². The molecule has 202 valence electrons. The quantitative estimate of drug-likeness (QED) is 0.122. The lowest BCUT2D eigenvalue weighted by molar-refractivity contribution is -0.116. The molecule has 3 N–H and O–H groups in total. The Kier molecular flexibility index (Phi) is 10.9. The highest BCUT2D eigenvalue weighted by Gasteiger charge is 2.38. The van der Waals surface area contributed by atoms with Crippen molar-refractivity contribution in [2.45, 2.75) is 63.2 Å². The summed E-state index contributed by atoms with van der Waals surface area (Å²) in [5.74, 6) is 0.0890. The first-order valence-electron chi connectivity index (χ1n) is 14.5. The average Bonchev–Trinajstić information content (AvgIpc) is 2.99. The number of carbonyl (C=O) groups is 1. The molecule has 39 heavy (non-hydrogen) atoms. The lowest BCUT2D eigenvalue weighted by atomic mass is 9.65. The van der Waals surface area contributed by atoms with E-state index < -0.39 is 5.41 Å². The van der Waals surface area contributed by atoms with Crippen LogP contribution in [0.1, 0.15) is 80.0 Å². The summed E-state index contributed by atoms with van der Waals surface area (Å²) in [5, 5.41) is 3.11. The fourth-order valence-electron chi connectivity index (χ4n) is 5.58. The number of anilines is 1. The maximum Gasteiger partial charge on any atom is 0.224 e. The highest BCUT2D eigenvalue weighted by molar-refractivity contribution is 5.90. The number of nitrogens with one attached hydrogen (secondary N) is 1. The van der Waals surface area contributed by atoms with Crippen molar-refractivity contribution in [1.82, 2.24) is 0 Å². The van der Waals surface area contributed by atoms with Crippen LogP contribution < -0.4 is 11.1 Å². The second kappa shape index (κ2) is 15.0. The van der Waals surface area contributed by atoms with Crippen molar-refractivity contribution in [2.75, 3.05) is 11.9 Å². The van der Waals surface area contributed by atoms with Gasteiger partial charge in [0.25, 0.3) is 0 Å².